The van der Waals surface area contributed by atoms with Crippen molar-refractivity contribution in [3.8, 4) is 0 Å². The second kappa shape index (κ2) is 7.07. The first-order valence-corrected chi connectivity index (χ1v) is 8.03. The summed E-state index contributed by atoms with van der Waals surface area (Å²) >= 11 is 0. The number of carbonyl (C=O) groups excluding carboxylic acids is 1. The predicted molar refractivity (Wildman–Crippen MR) is 84.4 cm³/mol. The third-order valence-corrected chi connectivity index (χ3v) is 4.49. The molecule has 1 aromatic heterocycles. The number of nitrogens with one attached hydrogen (secondary N) is 1. The molecule has 0 atom stereocenters. The van der Waals surface area contributed by atoms with Gasteiger partial charge in [-0.3, -0.25) is 9.48 Å². The molecule has 5 nitrogen and oxygen atoms in total. The second-order valence-electron chi connectivity index (χ2n) is 6.18. The highest BCUT2D eigenvalue weighted by atomic mass is 16.2. The van der Waals surface area contributed by atoms with Crippen LogP contribution in [-0.4, -0.2) is 46.3 Å². The number of aryl methyl sites for hydroxylation is 2. The number of hydrogen-bond donors (Lipinski definition) is 1. The van der Waals surface area contributed by atoms with Crippen LogP contribution in [0.5, 0.6) is 0 Å². The van der Waals surface area contributed by atoms with Crippen LogP contribution in [0.2, 0.25) is 0 Å². The van der Waals surface area contributed by atoms with Gasteiger partial charge >= 0.3 is 0 Å². The Morgan fingerprint density at radius 2 is 2.10 bits per heavy atom. The van der Waals surface area contributed by atoms with Crippen molar-refractivity contribution in [2.24, 2.45) is 7.05 Å². The van der Waals surface area contributed by atoms with Gasteiger partial charge in [0.05, 0.1) is 11.3 Å². The van der Waals surface area contributed by atoms with E-state index in [1.54, 1.807) is 4.68 Å². The maximum atomic E-state index is 12.6. The van der Waals surface area contributed by atoms with Gasteiger partial charge in [0.15, 0.2) is 0 Å². The summed E-state index contributed by atoms with van der Waals surface area (Å²) in [5.74, 6) is 0.102. The van der Waals surface area contributed by atoms with Crippen LogP contribution >= 0.6 is 0 Å². The van der Waals surface area contributed by atoms with Gasteiger partial charge in [-0.05, 0) is 45.6 Å². The number of aromatic nitrogens is 2. The minimum atomic E-state index is 0.102. The lowest BCUT2D eigenvalue weighted by Crippen LogP contribution is -2.43. The van der Waals surface area contributed by atoms with Crippen LogP contribution < -0.4 is 5.32 Å². The van der Waals surface area contributed by atoms with Crippen molar-refractivity contribution in [3.05, 3.63) is 17.5 Å². The van der Waals surface area contributed by atoms with Gasteiger partial charge in [-0.1, -0.05) is 6.92 Å². The van der Waals surface area contributed by atoms with E-state index in [-0.39, 0.29) is 5.91 Å². The van der Waals surface area contributed by atoms with Crippen LogP contribution in [0.3, 0.4) is 0 Å². The smallest absolute Gasteiger partial charge is 0.257 e. The molecule has 0 aliphatic heterocycles. The fourth-order valence-corrected chi connectivity index (χ4v) is 3.18. The number of hydrogen-bond acceptors (Lipinski definition) is 3. The first-order valence-electron chi connectivity index (χ1n) is 8.03. The largest absolute Gasteiger partial charge is 0.339 e. The minimum absolute atomic E-state index is 0.102. The van der Waals surface area contributed by atoms with Gasteiger partial charge in [-0.25, -0.2) is 0 Å². The van der Waals surface area contributed by atoms with Crippen LogP contribution in [0, 0.1) is 6.92 Å². The lowest BCUT2D eigenvalue weighted by Gasteiger charge is -2.35. The van der Waals surface area contributed by atoms with E-state index in [1.165, 1.54) is 6.42 Å². The van der Waals surface area contributed by atoms with E-state index < -0.39 is 0 Å². The standard InChI is InChI=1S/C16H28N4O/c1-5-10-17-13-6-8-14(9-7-13)20(4)16(21)15-11-19(3)18-12(15)2/h11,13-14,17H,5-10H2,1-4H3. The third-order valence-electron chi connectivity index (χ3n) is 4.49. The Hall–Kier alpha value is -1.36. The predicted octanol–water partition coefficient (Wildman–Crippen LogP) is 2.11. The summed E-state index contributed by atoms with van der Waals surface area (Å²) in [5, 5.41) is 7.85. The van der Waals surface area contributed by atoms with E-state index in [0.717, 1.165) is 43.5 Å². The molecular formula is C16H28N4O. The van der Waals surface area contributed by atoms with Crippen LogP contribution in [0.25, 0.3) is 0 Å². The van der Waals surface area contributed by atoms with Crippen LogP contribution in [-0.2, 0) is 7.05 Å². The molecule has 2 rings (SSSR count). The zero-order valence-electron chi connectivity index (χ0n) is 13.7. The lowest BCUT2D eigenvalue weighted by atomic mass is 9.90. The van der Waals surface area contributed by atoms with Crippen molar-refractivity contribution in [2.75, 3.05) is 13.6 Å². The highest BCUT2D eigenvalue weighted by Crippen LogP contribution is 2.24. The summed E-state index contributed by atoms with van der Waals surface area (Å²) < 4.78 is 1.71. The Morgan fingerprint density at radius 3 is 2.62 bits per heavy atom. The lowest BCUT2D eigenvalue weighted by molar-refractivity contribution is 0.0683. The molecule has 1 aromatic rings. The first-order chi connectivity index (χ1) is 10.0. The molecule has 1 fully saturated rings. The zero-order valence-corrected chi connectivity index (χ0v) is 13.7. The van der Waals surface area contributed by atoms with Gasteiger partial charge in [0.1, 0.15) is 0 Å². The van der Waals surface area contributed by atoms with Crippen molar-refractivity contribution >= 4 is 5.91 Å². The highest BCUT2D eigenvalue weighted by molar-refractivity contribution is 5.95. The van der Waals surface area contributed by atoms with Gasteiger partial charge < -0.3 is 10.2 Å². The summed E-state index contributed by atoms with van der Waals surface area (Å²) in [4.78, 5) is 14.5. The number of amides is 1. The Morgan fingerprint density at radius 1 is 1.43 bits per heavy atom. The van der Waals surface area contributed by atoms with Gasteiger partial charge in [-0.2, -0.15) is 5.10 Å². The molecule has 1 aliphatic rings. The topological polar surface area (TPSA) is 50.2 Å². The van der Waals surface area contributed by atoms with Crippen molar-refractivity contribution in [2.45, 2.75) is 58.0 Å². The molecule has 0 bridgehead atoms. The number of rotatable bonds is 5. The molecule has 0 aromatic carbocycles. The molecule has 0 saturated heterocycles. The van der Waals surface area contributed by atoms with Crippen molar-refractivity contribution in [1.82, 2.24) is 20.0 Å². The normalized spacial score (nSPS) is 22.3. The maximum absolute atomic E-state index is 12.6. The molecule has 1 saturated carbocycles. The van der Waals surface area contributed by atoms with Crippen LogP contribution in [0.1, 0.15) is 55.1 Å². The second-order valence-corrected chi connectivity index (χ2v) is 6.18. The van der Waals surface area contributed by atoms with Crippen LogP contribution in [0.15, 0.2) is 6.20 Å². The fraction of sp³-hybridized carbons (Fsp3) is 0.750. The first kappa shape index (κ1) is 16.0. The van der Waals surface area contributed by atoms with Gasteiger partial charge in [-0.15, -0.1) is 0 Å². The van der Waals surface area contributed by atoms with Crippen molar-refractivity contribution in [1.29, 1.82) is 0 Å². The molecule has 118 valence electrons. The van der Waals surface area contributed by atoms with Gasteiger partial charge in [0.2, 0.25) is 0 Å². The average Bonchev–Trinajstić information content (AvgIpc) is 2.83. The SMILES string of the molecule is CCCNC1CCC(N(C)C(=O)c2cn(C)nc2C)CC1. The van der Waals surface area contributed by atoms with Gasteiger partial charge in [0.25, 0.3) is 5.91 Å². The van der Waals surface area contributed by atoms with E-state index in [4.69, 9.17) is 0 Å². The zero-order chi connectivity index (χ0) is 15.4. The minimum Gasteiger partial charge on any atom is -0.339 e. The summed E-state index contributed by atoms with van der Waals surface area (Å²) in [5.41, 5.74) is 1.54. The van der Waals surface area contributed by atoms with E-state index in [2.05, 4.69) is 17.3 Å². The Kier molecular flexibility index (Phi) is 5.39. The molecule has 5 heteroatoms. The maximum Gasteiger partial charge on any atom is 0.257 e. The van der Waals surface area contributed by atoms with Crippen molar-refractivity contribution < 1.29 is 4.79 Å². The number of nitrogens with zero attached hydrogens (tertiary/aromatic N) is 3. The molecule has 0 spiro atoms. The van der Waals surface area contributed by atoms with Gasteiger partial charge in [0, 0.05) is 32.4 Å². The highest BCUT2D eigenvalue weighted by Gasteiger charge is 2.28. The fourth-order valence-electron chi connectivity index (χ4n) is 3.18. The summed E-state index contributed by atoms with van der Waals surface area (Å²) in [6.45, 7) is 5.19. The quantitative estimate of drug-likeness (QED) is 0.904. The Labute approximate surface area is 127 Å². The third kappa shape index (κ3) is 3.84. The molecule has 21 heavy (non-hydrogen) atoms. The Balaban J connectivity index is 1.91. The van der Waals surface area contributed by atoms with E-state index in [1.807, 2.05) is 32.1 Å². The average molecular weight is 292 g/mol. The molecule has 0 unspecified atom stereocenters. The molecule has 0 radical (unpaired) electrons. The van der Waals surface area contributed by atoms with Crippen molar-refractivity contribution in [3.63, 3.8) is 0 Å². The monoisotopic (exact) mass is 292 g/mol. The molecule has 1 heterocycles. The molecule has 1 N–H and O–H groups in total. The molecular weight excluding hydrogens is 264 g/mol. The van der Waals surface area contributed by atoms with E-state index in [0.29, 0.717) is 12.1 Å². The summed E-state index contributed by atoms with van der Waals surface area (Å²) in [6.07, 6.45) is 7.50. The molecule has 1 amide bonds. The van der Waals surface area contributed by atoms with E-state index in [9.17, 15) is 4.79 Å². The van der Waals surface area contributed by atoms with E-state index >= 15 is 0 Å². The summed E-state index contributed by atoms with van der Waals surface area (Å²) in [6, 6.07) is 0.988. The molecule has 1 aliphatic carbocycles. The Bertz CT molecular complexity index is 475. The van der Waals surface area contributed by atoms with Crippen LogP contribution in [0.4, 0.5) is 0 Å². The summed E-state index contributed by atoms with van der Waals surface area (Å²) in [7, 11) is 3.79. The number of carbonyl (C=O) groups is 1.